The van der Waals surface area contributed by atoms with Crippen LogP contribution >= 0.6 is 11.8 Å². The van der Waals surface area contributed by atoms with E-state index in [4.69, 9.17) is 5.73 Å². The van der Waals surface area contributed by atoms with E-state index < -0.39 is 20.7 Å². The maximum atomic E-state index is 13.4. The van der Waals surface area contributed by atoms with E-state index in [1.54, 1.807) is 6.08 Å². The van der Waals surface area contributed by atoms with Crippen molar-refractivity contribution >= 4 is 27.5 Å². The van der Waals surface area contributed by atoms with Crippen molar-refractivity contribution in [3.8, 4) is 0 Å². The van der Waals surface area contributed by atoms with Crippen molar-refractivity contribution in [1.82, 2.24) is 4.72 Å². The fraction of sp³-hybridized carbons (Fsp3) is 0.273. The number of benzene rings is 1. The molecular formula is C11H15FN2O2S2. The maximum Gasteiger partial charge on any atom is 0.243 e. The van der Waals surface area contributed by atoms with Crippen molar-refractivity contribution in [2.24, 2.45) is 0 Å². The van der Waals surface area contributed by atoms with Crippen LogP contribution in [-0.2, 0) is 10.0 Å². The average molecular weight is 290 g/mol. The van der Waals surface area contributed by atoms with E-state index in [-0.39, 0.29) is 12.2 Å². The molecule has 0 atom stereocenters. The molecule has 0 unspecified atom stereocenters. The van der Waals surface area contributed by atoms with Gasteiger partial charge in [-0.25, -0.2) is 17.5 Å². The zero-order valence-electron chi connectivity index (χ0n) is 9.73. The van der Waals surface area contributed by atoms with Gasteiger partial charge in [-0.1, -0.05) is 6.08 Å². The molecule has 3 N–H and O–H groups in total. The van der Waals surface area contributed by atoms with E-state index in [1.165, 1.54) is 17.8 Å². The minimum absolute atomic E-state index is 0.206. The van der Waals surface area contributed by atoms with Crippen LogP contribution in [0.5, 0.6) is 0 Å². The molecule has 0 amide bonds. The second-order valence-electron chi connectivity index (χ2n) is 3.45. The molecular weight excluding hydrogens is 275 g/mol. The van der Waals surface area contributed by atoms with Crippen molar-refractivity contribution in [2.75, 3.05) is 23.8 Å². The molecule has 0 aliphatic carbocycles. The lowest BCUT2D eigenvalue weighted by Crippen LogP contribution is -2.27. The third kappa shape index (κ3) is 4.32. The lowest BCUT2D eigenvalue weighted by atomic mass is 10.3. The number of nitrogens with one attached hydrogen (secondary N) is 1. The highest BCUT2D eigenvalue weighted by atomic mass is 32.2. The van der Waals surface area contributed by atoms with Gasteiger partial charge in [0.25, 0.3) is 0 Å². The summed E-state index contributed by atoms with van der Waals surface area (Å²) in [5.74, 6) is 0.527. The zero-order valence-corrected chi connectivity index (χ0v) is 11.4. The Morgan fingerprint density at radius 1 is 1.50 bits per heavy atom. The van der Waals surface area contributed by atoms with Crippen molar-refractivity contribution in [3.63, 3.8) is 0 Å². The van der Waals surface area contributed by atoms with Gasteiger partial charge >= 0.3 is 0 Å². The summed E-state index contributed by atoms with van der Waals surface area (Å²) < 4.78 is 39.3. The number of anilines is 1. The molecule has 1 rings (SSSR count). The lowest BCUT2D eigenvalue weighted by molar-refractivity contribution is 0.559. The van der Waals surface area contributed by atoms with Crippen molar-refractivity contribution in [3.05, 3.63) is 36.7 Å². The Morgan fingerprint density at radius 2 is 2.22 bits per heavy atom. The van der Waals surface area contributed by atoms with Gasteiger partial charge in [0.2, 0.25) is 10.0 Å². The summed E-state index contributed by atoms with van der Waals surface area (Å²) in [5.41, 5.74) is 5.65. The number of nitrogens with two attached hydrogens (primary N) is 1. The van der Waals surface area contributed by atoms with Crippen LogP contribution in [-0.4, -0.2) is 26.5 Å². The predicted molar refractivity (Wildman–Crippen MR) is 73.5 cm³/mol. The van der Waals surface area contributed by atoms with Crippen LogP contribution < -0.4 is 10.5 Å². The molecule has 0 spiro atoms. The molecule has 0 fully saturated rings. The first-order chi connectivity index (χ1) is 8.47. The lowest BCUT2D eigenvalue weighted by Gasteiger charge is -2.07. The van der Waals surface area contributed by atoms with Crippen LogP contribution in [0, 0.1) is 5.82 Å². The summed E-state index contributed by atoms with van der Waals surface area (Å²) in [5, 5.41) is 0. The number of rotatable bonds is 7. The van der Waals surface area contributed by atoms with E-state index in [0.717, 1.165) is 17.9 Å². The largest absolute Gasteiger partial charge is 0.399 e. The minimum Gasteiger partial charge on any atom is -0.399 e. The number of hydrogen-bond donors (Lipinski definition) is 2. The van der Waals surface area contributed by atoms with Crippen molar-refractivity contribution in [2.45, 2.75) is 4.90 Å². The SMILES string of the molecule is C=CCSCCNS(=O)(=O)c1cc(N)ccc1F. The second kappa shape index (κ2) is 6.77. The summed E-state index contributed by atoms with van der Waals surface area (Å²) in [4.78, 5) is -0.420. The first-order valence-corrected chi connectivity index (χ1v) is 7.84. The molecule has 18 heavy (non-hydrogen) atoms. The fourth-order valence-electron chi connectivity index (χ4n) is 1.22. The number of sulfonamides is 1. The monoisotopic (exact) mass is 290 g/mol. The topological polar surface area (TPSA) is 72.2 Å². The second-order valence-corrected chi connectivity index (χ2v) is 6.34. The summed E-state index contributed by atoms with van der Waals surface area (Å²) >= 11 is 1.53. The summed E-state index contributed by atoms with van der Waals surface area (Å²) in [6.07, 6.45) is 1.73. The molecule has 0 bridgehead atoms. The molecule has 0 heterocycles. The molecule has 0 radical (unpaired) electrons. The molecule has 1 aromatic carbocycles. The molecule has 0 saturated heterocycles. The molecule has 7 heteroatoms. The van der Waals surface area contributed by atoms with Gasteiger partial charge in [-0.15, -0.1) is 6.58 Å². The summed E-state index contributed by atoms with van der Waals surface area (Å²) in [7, 11) is -3.84. The Morgan fingerprint density at radius 3 is 2.89 bits per heavy atom. The van der Waals surface area contributed by atoms with E-state index in [2.05, 4.69) is 11.3 Å². The van der Waals surface area contributed by atoms with Crippen LogP contribution in [0.15, 0.2) is 35.7 Å². The van der Waals surface area contributed by atoms with Gasteiger partial charge in [0.1, 0.15) is 10.7 Å². The third-order valence-corrected chi connectivity index (χ3v) is 4.46. The average Bonchev–Trinajstić information content (AvgIpc) is 2.32. The van der Waals surface area contributed by atoms with Crippen molar-refractivity contribution in [1.29, 1.82) is 0 Å². The molecule has 4 nitrogen and oxygen atoms in total. The van der Waals surface area contributed by atoms with Crippen LogP contribution in [0.1, 0.15) is 0 Å². The Labute approximate surface area is 111 Å². The van der Waals surface area contributed by atoms with Gasteiger partial charge in [-0.2, -0.15) is 11.8 Å². The Balaban J connectivity index is 2.68. The highest BCUT2D eigenvalue weighted by molar-refractivity contribution is 7.99. The highest BCUT2D eigenvalue weighted by Crippen LogP contribution is 2.17. The Bertz CT molecular complexity index is 518. The number of hydrogen-bond acceptors (Lipinski definition) is 4. The molecule has 0 saturated carbocycles. The standard InChI is InChI=1S/C11H15FN2O2S2/c1-2-6-17-7-5-14-18(15,16)11-8-9(13)3-4-10(11)12/h2-4,8,14H,1,5-7,13H2. The third-order valence-electron chi connectivity index (χ3n) is 2.02. The molecule has 0 aliphatic rings. The maximum absolute atomic E-state index is 13.4. The molecule has 0 aromatic heterocycles. The van der Waals surface area contributed by atoms with Gasteiger partial charge in [0.05, 0.1) is 0 Å². The summed E-state index contributed by atoms with van der Waals surface area (Å²) in [6.45, 7) is 3.78. The number of halogens is 1. The molecule has 0 aliphatic heterocycles. The van der Waals surface area contributed by atoms with Crippen LogP contribution in [0.25, 0.3) is 0 Å². The van der Waals surface area contributed by atoms with E-state index in [1.807, 2.05) is 0 Å². The van der Waals surface area contributed by atoms with Gasteiger partial charge in [0, 0.05) is 23.7 Å². The first-order valence-electron chi connectivity index (χ1n) is 5.20. The molecule has 100 valence electrons. The Hall–Kier alpha value is -1.05. The zero-order chi connectivity index (χ0) is 13.6. The normalized spacial score (nSPS) is 11.4. The van der Waals surface area contributed by atoms with Gasteiger partial charge in [-0.05, 0) is 18.2 Å². The smallest absolute Gasteiger partial charge is 0.243 e. The number of nitrogen functional groups attached to an aromatic ring is 1. The minimum atomic E-state index is -3.84. The number of thioether (sulfide) groups is 1. The molecule has 1 aromatic rings. The van der Waals surface area contributed by atoms with Gasteiger partial charge < -0.3 is 5.73 Å². The van der Waals surface area contributed by atoms with Gasteiger partial charge in [-0.3, -0.25) is 0 Å². The first kappa shape index (κ1) is 15.0. The van der Waals surface area contributed by atoms with Crippen LogP contribution in [0.2, 0.25) is 0 Å². The van der Waals surface area contributed by atoms with E-state index in [9.17, 15) is 12.8 Å². The van der Waals surface area contributed by atoms with Gasteiger partial charge in [0.15, 0.2) is 0 Å². The van der Waals surface area contributed by atoms with E-state index in [0.29, 0.717) is 5.75 Å². The summed E-state index contributed by atoms with van der Waals surface area (Å²) in [6, 6.07) is 3.46. The fourth-order valence-corrected chi connectivity index (χ4v) is 3.07. The predicted octanol–water partition coefficient (Wildman–Crippen LogP) is 1.61. The van der Waals surface area contributed by atoms with E-state index >= 15 is 0 Å². The van der Waals surface area contributed by atoms with Crippen LogP contribution in [0.4, 0.5) is 10.1 Å². The Kier molecular flexibility index (Phi) is 5.64. The highest BCUT2D eigenvalue weighted by Gasteiger charge is 2.18. The van der Waals surface area contributed by atoms with Crippen LogP contribution in [0.3, 0.4) is 0 Å². The van der Waals surface area contributed by atoms with Crippen molar-refractivity contribution < 1.29 is 12.8 Å². The quantitative estimate of drug-likeness (QED) is 0.454.